The predicted molar refractivity (Wildman–Crippen MR) is 231 cm³/mol. The van der Waals surface area contributed by atoms with Gasteiger partial charge in [-0.25, -0.2) is 0 Å². The summed E-state index contributed by atoms with van der Waals surface area (Å²) in [5, 5.41) is 16.0. The van der Waals surface area contributed by atoms with Gasteiger partial charge in [0, 0.05) is 38.6 Å². The Morgan fingerprint density at radius 1 is 0.500 bits per heavy atom. The van der Waals surface area contributed by atoms with Gasteiger partial charge in [-0.2, -0.15) is 0 Å². The second-order valence-corrected chi connectivity index (χ2v) is 14.6. The number of nitrogens with one attached hydrogen (secondary N) is 3. The molecule has 2 aliphatic rings. The Labute approximate surface area is 324 Å². The Morgan fingerprint density at radius 2 is 1.00 bits per heavy atom. The van der Waals surface area contributed by atoms with Gasteiger partial charge < -0.3 is 19.8 Å². The van der Waals surface area contributed by atoms with Crippen LogP contribution in [0.3, 0.4) is 0 Å². The summed E-state index contributed by atoms with van der Waals surface area (Å²) < 4.78 is 4.87. The molecular formula is C50H38N6. The van der Waals surface area contributed by atoms with E-state index in [1.807, 2.05) is 12.3 Å². The second-order valence-electron chi connectivity index (χ2n) is 14.6. The van der Waals surface area contributed by atoms with Crippen LogP contribution in [0.1, 0.15) is 34.5 Å². The molecule has 0 saturated carbocycles. The molecular weight excluding hydrogens is 685 g/mol. The van der Waals surface area contributed by atoms with E-state index in [0.717, 1.165) is 33.9 Å². The van der Waals surface area contributed by atoms with E-state index >= 15 is 0 Å². The molecule has 9 aromatic rings. The van der Waals surface area contributed by atoms with E-state index in [9.17, 15) is 0 Å². The number of rotatable bonds is 6. The molecule has 2 unspecified atom stereocenters. The number of nitrogens with zero attached hydrogens (tertiary/aromatic N) is 3. The summed E-state index contributed by atoms with van der Waals surface area (Å²) in [5.74, 6) is 0. The normalized spacial score (nSPS) is 16.9. The SMILES string of the molecule is C1=CC(c2ccc(C3=CC(c4cc(-n5c6ccccc6c6ccccc65)cc(-n5c6ccccc6c6ccccc65)c4)NC(c4ccccc4)N3)cc2)=NCN1. The molecule has 2 aliphatic heterocycles. The minimum atomic E-state index is -0.119. The highest BCUT2D eigenvalue weighted by Gasteiger charge is 2.26. The highest BCUT2D eigenvalue weighted by atomic mass is 15.2. The van der Waals surface area contributed by atoms with Crippen molar-refractivity contribution in [1.82, 2.24) is 25.1 Å². The largest absolute Gasteiger partial charge is 0.372 e. The topological polar surface area (TPSA) is 58.3 Å². The van der Waals surface area contributed by atoms with Crippen molar-refractivity contribution in [1.29, 1.82) is 0 Å². The van der Waals surface area contributed by atoms with Gasteiger partial charge in [-0.1, -0.05) is 127 Å². The smallest absolute Gasteiger partial charge is 0.108 e. The van der Waals surface area contributed by atoms with Crippen LogP contribution in [0, 0.1) is 0 Å². The molecule has 6 nitrogen and oxygen atoms in total. The minimum Gasteiger partial charge on any atom is -0.372 e. The fourth-order valence-electron chi connectivity index (χ4n) is 8.68. The Balaban J connectivity index is 1.14. The van der Waals surface area contributed by atoms with Crippen molar-refractivity contribution in [3.05, 3.63) is 210 Å². The Bertz CT molecular complexity index is 2800. The van der Waals surface area contributed by atoms with Crippen molar-refractivity contribution in [3.63, 3.8) is 0 Å². The molecule has 56 heavy (non-hydrogen) atoms. The Kier molecular flexibility index (Phi) is 7.67. The first kappa shape index (κ1) is 32.3. The zero-order valence-electron chi connectivity index (χ0n) is 30.6. The van der Waals surface area contributed by atoms with Crippen LogP contribution < -0.4 is 16.0 Å². The van der Waals surface area contributed by atoms with E-state index in [2.05, 4.69) is 206 Å². The number of para-hydroxylation sites is 4. The first-order valence-electron chi connectivity index (χ1n) is 19.2. The standard InChI is InChI=1S/C50H38N6/c1-2-12-35(13-3-1)50-53-44(34-24-22-33(23-25-34)43-26-27-51-32-52-43)31-45(54-50)36-28-37(55-46-18-8-4-14-39(46)40-15-5-9-19-47(40)55)30-38(29-36)56-48-20-10-6-16-41(48)42-17-7-11-21-49(42)56/h1-31,45,50-51,53-54H,32H2. The first-order chi connectivity index (χ1) is 27.8. The lowest BCUT2D eigenvalue weighted by Crippen LogP contribution is -2.39. The molecule has 0 amide bonds. The third-order valence-corrected chi connectivity index (χ3v) is 11.3. The number of fused-ring (bicyclic) bond motifs is 6. The number of hydrogen-bond donors (Lipinski definition) is 3. The van der Waals surface area contributed by atoms with Gasteiger partial charge in [0.15, 0.2) is 0 Å². The zero-order valence-corrected chi connectivity index (χ0v) is 30.6. The third-order valence-electron chi connectivity index (χ3n) is 11.3. The summed E-state index contributed by atoms with van der Waals surface area (Å²) in [7, 11) is 0. The van der Waals surface area contributed by atoms with Crippen LogP contribution in [-0.4, -0.2) is 21.5 Å². The molecule has 6 heteroatoms. The van der Waals surface area contributed by atoms with E-state index in [-0.39, 0.29) is 12.2 Å². The van der Waals surface area contributed by atoms with Crippen LogP contribution in [0.15, 0.2) is 193 Å². The van der Waals surface area contributed by atoms with Crippen molar-refractivity contribution in [3.8, 4) is 11.4 Å². The van der Waals surface area contributed by atoms with Crippen molar-refractivity contribution >= 4 is 55.0 Å². The van der Waals surface area contributed by atoms with Gasteiger partial charge in [-0.05, 0) is 83.1 Å². The summed E-state index contributed by atoms with van der Waals surface area (Å²) in [6, 6.07) is 61.4. The lowest BCUT2D eigenvalue weighted by atomic mass is 9.96. The maximum Gasteiger partial charge on any atom is 0.108 e. The van der Waals surface area contributed by atoms with Crippen molar-refractivity contribution in [2.24, 2.45) is 4.99 Å². The van der Waals surface area contributed by atoms with Crippen molar-refractivity contribution in [2.75, 3.05) is 6.67 Å². The molecule has 2 aromatic heterocycles. The molecule has 11 rings (SSSR count). The van der Waals surface area contributed by atoms with E-state index in [4.69, 9.17) is 0 Å². The van der Waals surface area contributed by atoms with Gasteiger partial charge in [0.1, 0.15) is 12.8 Å². The molecule has 0 aliphatic carbocycles. The van der Waals surface area contributed by atoms with E-state index in [1.165, 1.54) is 54.7 Å². The van der Waals surface area contributed by atoms with Crippen LogP contribution in [0.5, 0.6) is 0 Å². The summed E-state index contributed by atoms with van der Waals surface area (Å²) in [6.45, 7) is 0.594. The molecule has 268 valence electrons. The van der Waals surface area contributed by atoms with E-state index < -0.39 is 0 Å². The maximum atomic E-state index is 4.65. The maximum absolute atomic E-state index is 4.65. The van der Waals surface area contributed by atoms with Gasteiger partial charge in [0.2, 0.25) is 0 Å². The van der Waals surface area contributed by atoms with Crippen molar-refractivity contribution in [2.45, 2.75) is 12.2 Å². The zero-order chi connectivity index (χ0) is 37.0. The van der Waals surface area contributed by atoms with Crippen LogP contribution in [0.2, 0.25) is 0 Å². The summed E-state index contributed by atoms with van der Waals surface area (Å²) >= 11 is 0. The molecule has 0 radical (unpaired) electrons. The third kappa shape index (κ3) is 5.42. The Morgan fingerprint density at radius 3 is 1.52 bits per heavy atom. The average molecular weight is 723 g/mol. The first-order valence-corrected chi connectivity index (χ1v) is 19.2. The van der Waals surface area contributed by atoms with E-state index in [0.29, 0.717) is 6.67 Å². The molecule has 3 N–H and O–H groups in total. The summed E-state index contributed by atoms with van der Waals surface area (Å²) in [6.07, 6.45) is 6.22. The molecule has 4 heterocycles. The van der Waals surface area contributed by atoms with Crippen LogP contribution in [0.25, 0.3) is 60.7 Å². The van der Waals surface area contributed by atoms with Crippen molar-refractivity contribution < 1.29 is 0 Å². The van der Waals surface area contributed by atoms with Gasteiger partial charge >= 0.3 is 0 Å². The molecule has 0 fully saturated rings. The van der Waals surface area contributed by atoms with Crippen LogP contribution >= 0.6 is 0 Å². The highest BCUT2D eigenvalue weighted by molar-refractivity contribution is 6.11. The average Bonchev–Trinajstić information content (AvgIpc) is 3.80. The number of aromatic nitrogens is 2. The number of allylic oxidation sites excluding steroid dienone is 1. The molecule has 0 bridgehead atoms. The summed E-state index contributed by atoms with van der Waals surface area (Å²) in [4.78, 5) is 4.65. The van der Waals surface area contributed by atoms with Gasteiger partial charge in [-0.15, -0.1) is 0 Å². The fourth-order valence-corrected chi connectivity index (χ4v) is 8.68. The number of aliphatic imine (C=N–C) groups is 1. The predicted octanol–water partition coefficient (Wildman–Crippen LogP) is 10.7. The second kappa shape index (κ2) is 13.3. The highest BCUT2D eigenvalue weighted by Crippen LogP contribution is 2.38. The minimum absolute atomic E-state index is 0.118. The van der Waals surface area contributed by atoms with E-state index in [1.54, 1.807) is 0 Å². The quantitative estimate of drug-likeness (QED) is 0.160. The molecule has 0 spiro atoms. The lowest BCUT2D eigenvalue weighted by molar-refractivity contribution is 0.442. The molecule has 2 atom stereocenters. The van der Waals surface area contributed by atoms with Crippen LogP contribution in [-0.2, 0) is 0 Å². The number of benzene rings is 7. The Hall–Kier alpha value is -7.15. The van der Waals surface area contributed by atoms with Gasteiger partial charge in [0.05, 0.1) is 33.8 Å². The van der Waals surface area contributed by atoms with Gasteiger partial charge in [-0.3, -0.25) is 10.3 Å². The fraction of sp³-hybridized carbons (Fsp3) is 0.0600. The van der Waals surface area contributed by atoms with Crippen LogP contribution in [0.4, 0.5) is 0 Å². The molecule has 7 aromatic carbocycles. The monoisotopic (exact) mass is 722 g/mol. The molecule has 0 saturated heterocycles. The van der Waals surface area contributed by atoms with Gasteiger partial charge in [0.25, 0.3) is 0 Å². The summed E-state index contributed by atoms with van der Waals surface area (Å²) in [5.41, 5.74) is 13.6. The number of hydrogen-bond acceptors (Lipinski definition) is 4. The lowest BCUT2D eigenvalue weighted by Gasteiger charge is -2.33.